The van der Waals surface area contributed by atoms with Gasteiger partial charge < -0.3 is 10.8 Å². The van der Waals surface area contributed by atoms with Crippen molar-refractivity contribution in [1.29, 1.82) is 0 Å². The first-order chi connectivity index (χ1) is 4.34. The van der Waals surface area contributed by atoms with E-state index in [0.717, 1.165) is 13.0 Å². The third-order valence-electron chi connectivity index (χ3n) is 2.24. The van der Waals surface area contributed by atoms with Crippen molar-refractivity contribution in [2.75, 3.05) is 6.54 Å². The van der Waals surface area contributed by atoms with Crippen LogP contribution in [-0.4, -0.2) is 17.8 Å². The molecule has 1 rings (SSSR count). The van der Waals surface area contributed by atoms with E-state index in [2.05, 4.69) is 5.73 Å². The average molecular weight is 130 g/mol. The Morgan fingerprint density at radius 2 is 2.00 bits per heavy atom. The molecule has 0 saturated heterocycles. The van der Waals surface area contributed by atoms with E-state index >= 15 is 0 Å². The highest BCUT2D eigenvalue weighted by atomic mass is 16.3. The van der Waals surface area contributed by atoms with Gasteiger partial charge in [-0.15, -0.1) is 0 Å². The predicted molar refractivity (Wildman–Crippen MR) is 35.7 cm³/mol. The van der Waals surface area contributed by atoms with Crippen LogP contribution < -0.4 is 5.73 Å². The topological polar surface area (TPSA) is 47.9 Å². The fourth-order valence-corrected chi connectivity index (χ4v) is 1.52. The van der Waals surface area contributed by atoms with E-state index < -0.39 is 0 Å². The van der Waals surface area contributed by atoms with Crippen molar-refractivity contribution in [3.05, 3.63) is 0 Å². The van der Waals surface area contributed by atoms with E-state index in [-0.39, 0.29) is 6.10 Å². The fourth-order valence-electron chi connectivity index (χ4n) is 1.52. The molecule has 9 heavy (non-hydrogen) atoms. The molecular weight excluding hydrogens is 114 g/mol. The molecule has 2 atom stereocenters. The van der Waals surface area contributed by atoms with Crippen molar-refractivity contribution in [3.8, 4) is 0 Å². The van der Waals surface area contributed by atoms with E-state index in [1.807, 2.05) is 0 Å². The van der Waals surface area contributed by atoms with Crippen LogP contribution in [0.3, 0.4) is 0 Å². The van der Waals surface area contributed by atoms with E-state index in [9.17, 15) is 5.11 Å². The first kappa shape index (κ1) is 7.03. The van der Waals surface area contributed by atoms with Crippen LogP contribution in [0.5, 0.6) is 0 Å². The van der Waals surface area contributed by atoms with Gasteiger partial charge in [-0.25, -0.2) is 0 Å². The summed E-state index contributed by atoms with van der Waals surface area (Å²) >= 11 is 0. The Labute approximate surface area is 56.1 Å². The lowest BCUT2D eigenvalue weighted by Crippen LogP contribution is -2.56. The zero-order valence-corrected chi connectivity index (χ0v) is 5.84. The highest BCUT2D eigenvalue weighted by molar-refractivity contribution is 4.72. The molecule has 0 heterocycles. The van der Waals surface area contributed by atoms with Gasteiger partial charge in [0.05, 0.1) is 12.6 Å². The lowest BCUT2D eigenvalue weighted by Gasteiger charge is -2.24. The second-order valence-electron chi connectivity index (χ2n) is 2.90. The molecule has 1 aliphatic rings. The molecule has 0 amide bonds. The molecular formula is C7H16NO+. The summed E-state index contributed by atoms with van der Waals surface area (Å²) < 4.78 is 0. The maximum atomic E-state index is 9.33. The Bertz CT molecular complexity index is 85.0. The van der Waals surface area contributed by atoms with Gasteiger partial charge in [-0.1, -0.05) is 12.8 Å². The van der Waals surface area contributed by atoms with Crippen LogP contribution in [-0.2, 0) is 0 Å². The van der Waals surface area contributed by atoms with Crippen molar-refractivity contribution < 1.29 is 10.8 Å². The summed E-state index contributed by atoms with van der Waals surface area (Å²) in [5, 5.41) is 9.33. The summed E-state index contributed by atoms with van der Waals surface area (Å²) in [6.45, 7) is 0.904. The number of quaternary nitrogens is 1. The molecule has 0 aromatic carbocycles. The zero-order chi connectivity index (χ0) is 6.69. The molecule has 0 unspecified atom stereocenters. The van der Waals surface area contributed by atoms with E-state index in [0.29, 0.717) is 5.92 Å². The highest BCUT2D eigenvalue weighted by Crippen LogP contribution is 2.22. The fraction of sp³-hybridized carbons (Fsp3) is 1.00. The van der Waals surface area contributed by atoms with Crippen molar-refractivity contribution in [2.24, 2.45) is 5.92 Å². The standard InChI is InChI=1S/C7H15NO/c8-5-6-3-1-2-4-7(6)9/h6-7,9H,1-5,8H2/p+1/t6-,7-/m0/s1. The molecule has 0 spiro atoms. The Morgan fingerprint density at radius 3 is 2.44 bits per heavy atom. The number of rotatable bonds is 1. The second kappa shape index (κ2) is 3.18. The van der Waals surface area contributed by atoms with Gasteiger partial charge >= 0.3 is 0 Å². The normalized spacial score (nSPS) is 36.7. The molecule has 0 aromatic heterocycles. The Morgan fingerprint density at radius 1 is 1.33 bits per heavy atom. The quantitative estimate of drug-likeness (QED) is 0.506. The predicted octanol–water partition coefficient (Wildman–Crippen LogP) is -0.221. The average Bonchev–Trinajstić information content (AvgIpc) is 1.89. The minimum Gasteiger partial charge on any atom is -0.393 e. The molecule has 4 N–H and O–H groups in total. The lowest BCUT2D eigenvalue weighted by atomic mass is 9.87. The van der Waals surface area contributed by atoms with E-state index in [1.165, 1.54) is 19.3 Å². The molecule has 2 heteroatoms. The van der Waals surface area contributed by atoms with Gasteiger partial charge in [-0.05, 0) is 12.8 Å². The first-order valence-corrected chi connectivity index (χ1v) is 3.82. The molecule has 0 aromatic rings. The molecule has 2 nitrogen and oxygen atoms in total. The van der Waals surface area contributed by atoms with E-state index in [4.69, 9.17) is 0 Å². The molecule has 0 radical (unpaired) electrons. The molecule has 1 aliphatic carbocycles. The number of aliphatic hydroxyl groups is 1. The second-order valence-corrected chi connectivity index (χ2v) is 2.90. The lowest BCUT2D eigenvalue weighted by molar-refractivity contribution is -0.384. The zero-order valence-electron chi connectivity index (χ0n) is 5.84. The summed E-state index contributed by atoms with van der Waals surface area (Å²) in [6.07, 6.45) is 4.64. The van der Waals surface area contributed by atoms with Crippen molar-refractivity contribution in [1.82, 2.24) is 0 Å². The van der Waals surface area contributed by atoms with Crippen LogP contribution in [0.2, 0.25) is 0 Å². The summed E-state index contributed by atoms with van der Waals surface area (Å²) in [6, 6.07) is 0. The SMILES string of the molecule is [NH3+]C[C@@H]1CCCC[C@@H]1O. The van der Waals surface area contributed by atoms with Gasteiger partial charge in [-0.3, -0.25) is 0 Å². The maximum absolute atomic E-state index is 9.33. The summed E-state index contributed by atoms with van der Waals surface area (Å²) in [4.78, 5) is 0. The third-order valence-corrected chi connectivity index (χ3v) is 2.24. The van der Waals surface area contributed by atoms with Gasteiger partial charge in [-0.2, -0.15) is 0 Å². The van der Waals surface area contributed by atoms with Crippen LogP contribution >= 0.6 is 0 Å². The van der Waals surface area contributed by atoms with Crippen LogP contribution in [0.4, 0.5) is 0 Å². The highest BCUT2D eigenvalue weighted by Gasteiger charge is 2.22. The molecule has 1 saturated carbocycles. The monoisotopic (exact) mass is 130 g/mol. The number of hydrogen-bond acceptors (Lipinski definition) is 1. The Balaban J connectivity index is 2.30. The third kappa shape index (κ3) is 1.66. The molecule has 1 fully saturated rings. The molecule has 0 bridgehead atoms. The van der Waals surface area contributed by atoms with Crippen molar-refractivity contribution in [3.63, 3.8) is 0 Å². The Hall–Kier alpha value is -0.0800. The molecule has 0 aliphatic heterocycles. The van der Waals surface area contributed by atoms with Gasteiger partial charge in [0.25, 0.3) is 0 Å². The van der Waals surface area contributed by atoms with Crippen LogP contribution in [0, 0.1) is 5.92 Å². The summed E-state index contributed by atoms with van der Waals surface area (Å²) in [5.74, 6) is 0.499. The van der Waals surface area contributed by atoms with Gasteiger partial charge in [0.15, 0.2) is 0 Å². The van der Waals surface area contributed by atoms with Crippen LogP contribution in [0.1, 0.15) is 25.7 Å². The van der Waals surface area contributed by atoms with Crippen LogP contribution in [0.15, 0.2) is 0 Å². The van der Waals surface area contributed by atoms with E-state index in [1.54, 1.807) is 0 Å². The number of aliphatic hydroxyl groups excluding tert-OH is 1. The summed E-state index contributed by atoms with van der Waals surface area (Å²) in [7, 11) is 0. The van der Waals surface area contributed by atoms with Gasteiger partial charge in [0.2, 0.25) is 0 Å². The van der Waals surface area contributed by atoms with Gasteiger partial charge in [0.1, 0.15) is 0 Å². The minimum absolute atomic E-state index is 0.0451. The van der Waals surface area contributed by atoms with Crippen molar-refractivity contribution in [2.45, 2.75) is 31.8 Å². The Kier molecular flexibility index (Phi) is 2.49. The van der Waals surface area contributed by atoms with Crippen LogP contribution in [0.25, 0.3) is 0 Å². The summed E-state index contributed by atoms with van der Waals surface area (Å²) in [5.41, 5.74) is 3.80. The smallest absolute Gasteiger partial charge is 0.0793 e. The largest absolute Gasteiger partial charge is 0.393 e. The molecule has 54 valence electrons. The van der Waals surface area contributed by atoms with Gasteiger partial charge in [0, 0.05) is 5.92 Å². The maximum Gasteiger partial charge on any atom is 0.0793 e. The van der Waals surface area contributed by atoms with Crippen molar-refractivity contribution >= 4 is 0 Å². The first-order valence-electron chi connectivity index (χ1n) is 3.82. The minimum atomic E-state index is -0.0451. The number of hydrogen-bond donors (Lipinski definition) is 2.